The topological polar surface area (TPSA) is 46.3 Å². The van der Waals surface area contributed by atoms with Crippen LogP contribution >= 0.6 is 11.3 Å². The van der Waals surface area contributed by atoms with Gasteiger partial charge in [-0.05, 0) is 16.5 Å². The molecule has 0 unspecified atom stereocenters. The molecule has 0 aliphatic carbocycles. The molecule has 0 aliphatic rings. The van der Waals surface area contributed by atoms with E-state index in [2.05, 4.69) is 45.0 Å². The summed E-state index contributed by atoms with van der Waals surface area (Å²) in [7, 11) is 3.48. The van der Waals surface area contributed by atoms with E-state index < -0.39 is 0 Å². The van der Waals surface area contributed by atoms with Crippen LogP contribution < -0.4 is 5.73 Å². The lowest BCUT2D eigenvalue weighted by Gasteiger charge is -2.19. The largest absolute Gasteiger partial charge is 0.390 e. The maximum absolute atomic E-state index is 12.3. The number of hydrogen-bond acceptors (Lipinski definition) is 3. The van der Waals surface area contributed by atoms with Gasteiger partial charge in [0, 0.05) is 25.0 Å². The molecule has 112 valence electrons. The van der Waals surface area contributed by atoms with Gasteiger partial charge in [-0.25, -0.2) is 0 Å². The molecular formula is C17H22N2OS. The number of carbonyl (C=O) groups is 1. The quantitative estimate of drug-likeness (QED) is 0.911. The van der Waals surface area contributed by atoms with Crippen LogP contribution in [0.4, 0.5) is 5.00 Å². The van der Waals surface area contributed by atoms with Crippen molar-refractivity contribution < 1.29 is 4.79 Å². The summed E-state index contributed by atoms with van der Waals surface area (Å²) >= 11 is 1.41. The second-order valence-electron chi connectivity index (χ2n) is 6.42. The van der Waals surface area contributed by atoms with E-state index >= 15 is 0 Å². The normalized spacial score (nSPS) is 11.5. The van der Waals surface area contributed by atoms with E-state index in [-0.39, 0.29) is 11.3 Å². The Morgan fingerprint density at radius 3 is 2.19 bits per heavy atom. The van der Waals surface area contributed by atoms with E-state index in [4.69, 9.17) is 5.73 Å². The van der Waals surface area contributed by atoms with Crippen molar-refractivity contribution in [3.05, 3.63) is 40.8 Å². The average Bonchev–Trinajstić information content (AvgIpc) is 2.78. The fraction of sp³-hybridized carbons (Fsp3) is 0.353. The van der Waals surface area contributed by atoms with Gasteiger partial charge in [-0.15, -0.1) is 11.3 Å². The van der Waals surface area contributed by atoms with Crippen molar-refractivity contribution in [3.8, 4) is 11.1 Å². The molecule has 0 bridgehead atoms. The van der Waals surface area contributed by atoms with Crippen molar-refractivity contribution >= 4 is 22.2 Å². The lowest BCUT2D eigenvalue weighted by Crippen LogP contribution is -2.22. The molecule has 3 nitrogen and oxygen atoms in total. The van der Waals surface area contributed by atoms with E-state index in [0.717, 1.165) is 11.1 Å². The van der Waals surface area contributed by atoms with Crippen LogP contribution in [0.5, 0.6) is 0 Å². The molecule has 2 N–H and O–H groups in total. The summed E-state index contributed by atoms with van der Waals surface area (Å²) < 4.78 is 0. The molecule has 0 spiro atoms. The molecule has 0 radical (unpaired) electrons. The van der Waals surface area contributed by atoms with E-state index in [1.165, 1.54) is 16.9 Å². The van der Waals surface area contributed by atoms with Gasteiger partial charge in [0.25, 0.3) is 5.91 Å². The number of anilines is 1. The Hall–Kier alpha value is -1.81. The van der Waals surface area contributed by atoms with Crippen LogP contribution in [0, 0.1) is 0 Å². The van der Waals surface area contributed by atoms with Crippen LogP contribution in [0.2, 0.25) is 0 Å². The number of nitrogen functional groups attached to an aromatic ring is 1. The highest BCUT2D eigenvalue weighted by Gasteiger charge is 2.20. The smallest absolute Gasteiger partial charge is 0.256 e. The first-order valence-corrected chi connectivity index (χ1v) is 7.79. The van der Waals surface area contributed by atoms with Gasteiger partial charge in [-0.2, -0.15) is 0 Å². The lowest BCUT2D eigenvalue weighted by molar-refractivity contribution is 0.0830. The maximum atomic E-state index is 12.3. The summed E-state index contributed by atoms with van der Waals surface area (Å²) in [6.07, 6.45) is 0. The third-order valence-electron chi connectivity index (χ3n) is 3.50. The molecule has 0 saturated heterocycles. The van der Waals surface area contributed by atoms with Crippen molar-refractivity contribution in [1.82, 2.24) is 4.90 Å². The molecular weight excluding hydrogens is 280 g/mol. The summed E-state index contributed by atoms with van der Waals surface area (Å²) in [5.74, 6) is -0.0522. The summed E-state index contributed by atoms with van der Waals surface area (Å²) in [4.78, 5) is 13.9. The van der Waals surface area contributed by atoms with Gasteiger partial charge in [0.1, 0.15) is 0 Å². The monoisotopic (exact) mass is 302 g/mol. The fourth-order valence-corrected chi connectivity index (χ4v) is 2.99. The van der Waals surface area contributed by atoms with Crippen LogP contribution in [-0.2, 0) is 5.41 Å². The number of hydrogen-bond donors (Lipinski definition) is 1. The van der Waals surface area contributed by atoms with Crippen LogP contribution in [0.15, 0.2) is 29.6 Å². The third kappa shape index (κ3) is 3.10. The first kappa shape index (κ1) is 15.6. The highest BCUT2D eigenvalue weighted by Crippen LogP contribution is 2.35. The molecule has 4 heteroatoms. The summed E-state index contributed by atoms with van der Waals surface area (Å²) in [6, 6.07) is 8.36. The number of thiophene rings is 1. The van der Waals surface area contributed by atoms with Gasteiger partial charge in [-0.1, -0.05) is 45.0 Å². The van der Waals surface area contributed by atoms with Crippen molar-refractivity contribution in [2.24, 2.45) is 0 Å². The van der Waals surface area contributed by atoms with Crippen molar-refractivity contribution in [2.45, 2.75) is 26.2 Å². The molecule has 0 fully saturated rings. The molecule has 2 aromatic rings. The maximum Gasteiger partial charge on any atom is 0.256 e. The van der Waals surface area contributed by atoms with Crippen molar-refractivity contribution in [2.75, 3.05) is 19.8 Å². The summed E-state index contributed by atoms with van der Waals surface area (Å²) in [5.41, 5.74) is 9.93. The predicted octanol–water partition coefficient (Wildman–Crippen LogP) is 4.00. The van der Waals surface area contributed by atoms with Gasteiger partial charge in [0.2, 0.25) is 0 Å². The Morgan fingerprint density at radius 2 is 1.71 bits per heavy atom. The van der Waals surface area contributed by atoms with Gasteiger partial charge >= 0.3 is 0 Å². The number of amides is 1. The zero-order chi connectivity index (χ0) is 15.8. The van der Waals surface area contributed by atoms with Crippen LogP contribution in [0.25, 0.3) is 11.1 Å². The van der Waals surface area contributed by atoms with Gasteiger partial charge in [0.05, 0.1) is 10.6 Å². The van der Waals surface area contributed by atoms with E-state index in [0.29, 0.717) is 10.6 Å². The van der Waals surface area contributed by atoms with Gasteiger partial charge in [-0.3, -0.25) is 4.79 Å². The highest BCUT2D eigenvalue weighted by atomic mass is 32.1. The standard InChI is InChI=1S/C17H22N2OS/c1-17(2,3)12-8-6-11(7-9-12)13-10-21-15(18)14(13)16(20)19(4)5/h6-10H,18H2,1-5H3. The number of nitrogens with two attached hydrogens (primary N) is 1. The molecule has 1 heterocycles. The Balaban J connectivity index is 2.46. The predicted molar refractivity (Wildman–Crippen MR) is 90.9 cm³/mol. The van der Waals surface area contributed by atoms with Gasteiger partial charge in [0.15, 0.2) is 0 Å². The summed E-state index contributed by atoms with van der Waals surface area (Å²) in [6.45, 7) is 6.56. The van der Waals surface area contributed by atoms with Crippen molar-refractivity contribution in [1.29, 1.82) is 0 Å². The number of benzene rings is 1. The fourth-order valence-electron chi connectivity index (χ4n) is 2.18. The Kier molecular flexibility index (Phi) is 4.10. The van der Waals surface area contributed by atoms with E-state index in [1.807, 2.05) is 5.38 Å². The molecule has 0 aliphatic heterocycles. The number of carbonyl (C=O) groups excluding carboxylic acids is 1. The Bertz CT molecular complexity index is 648. The SMILES string of the molecule is CN(C)C(=O)c1c(-c2ccc(C(C)(C)C)cc2)csc1N. The minimum absolute atomic E-state index is 0.0522. The first-order chi connectivity index (χ1) is 9.71. The Morgan fingerprint density at radius 1 is 1.14 bits per heavy atom. The summed E-state index contributed by atoms with van der Waals surface area (Å²) in [5, 5.41) is 2.53. The average molecular weight is 302 g/mol. The zero-order valence-electron chi connectivity index (χ0n) is 13.2. The minimum atomic E-state index is -0.0522. The first-order valence-electron chi connectivity index (χ1n) is 6.91. The van der Waals surface area contributed by atoms with E-state index in [1.54, 1.807) is 19.0 Å². The molecule has 1 aromatic heterocycles. The van der Waals surface area contributed by atoms with E-state index in [9.17, 15) is 4.79 Å². The van der Waals surface area contributed by atoms with Gasteiger partial charge < -0.3 is 10.6 Å². The number of nitrogens with zero attached hydrogens (tertiary/aromatic N) is 1. The highest BCUT2D eigenvalue weighted by molar-refractivity contribution is 7.15. The van der Waals surface area contributed by atoms with Crippen LogP contribution in [0.3, 0.4) is 0 Å². The number of rotatable bonds is 2. The molecule has 1 aromatic carbocycles. The molecule has 0 saturated carbocycles. The molecule has 2 rings (SSSR count). The lowest BCUT2D eigenvalue weighted by atomic mass is 9.86. The molecule has 0 atom stereocenters. The second-order valence-corrected chi connectivity index (χ2v) is 7.33. The molecule has 21 heavy (non-hydrogen) atoms. The second kappa shape index (κ2) is 5.53. The van der Waals surface area contributed by atoms with Crippen LogP contribution in [-0.4, -0.2) is 24.9 Å². The van der Waals surface area contributed by atoms with Crippen molar-refractivity contribution in [3.63, 3.8) is 0 Å². The minimum Gasteiger partial charge on any atom is -0.390 e. The Labute approximate surface area is 130 Å². The molecule has 1 amide bonds. The van der Waals surface area contributed by atoms with Crippen LogP contribution in [0.1, 0.15) is 36.7 Å². The third-order valence-corrected chi connectivity index (χ3v) is 4.31. The zero-order valence-corrected chi connectivity index (χ0v) is 14.0.